The van der Waals surface area contributed by atoms with Crippen molar-refractivity contribution in [1.29, 1.82) is 0 Å². The minimum Gasteiger partial charge on any atom is -0.478 e. The van der Waals surface area contributed by atoms with Crippen LogP contribution in [0, 0.1) is 0 Å². The van der Waals surface area contributed by atoms with Crippen molar-refractivity contribution in [3.8, 4) is 10.4 Å². The van der Waals surface area contributed by atoms with Crippen molar-refractivity contribution in [3.05, 3.63) is 58.7 Å². The van der Waals surface area contributed by atoms with Crippen LogP contribution in [0.4, 0.5) is 5.00 Å². The summed E-state index contributed by atoms with van der Waals surface area (Å²) in [6.07, 6.45) is 4.32. The fraction of sp³-hybridized carbons (Fsp3) is 0. The minimum atomic E-state index is -1.07. The third-order valence-corrected chi connectivity index (χ3v) is 4.77. The molecule has 3 rings (SSSR count). The van der Waals surface area contributed by atoms with Gasteiger partial charge >= 0.3 is 5.97 Å². The Kier molecular flexibility index (Phi) is 4.40. The maximum Gasteiger partial charge on any atom is 0.339 e. The van der Waals surface area contributed by atoms with Crippen LogP contribution in [0.25, 0.3) is 16.5 Å². The number of carboxylic acid groups (broad SMARTS) is 1. The number of thiophene rings is 2. The molecule has 0 aliphatic rings. The predicted octanol–water partition coefficient (Wildman–Crippen LogP) is 4.42. The SMILES string of the molecule is O=C(/C=C/c1ccco1)Nc1scc(-c2cccs2)c1C(=O)O. The highest BCUT2D eigenvalue weighted by Crippen LogP contribution is 2.37. The Hall–Kier alpha value is -2.64. The molecule has 7 heteroatoms. The Labute approximate surface area is 139 Å². The molecule has 5 nitrogen and oxygen atoms in total. The molecule has 3 aromatic rings. The molecule has 3 heterocycles. The molecule has 0 saturated heterocycles. The molecule has 0 unspecified atom stereocenters. The third kappa shape index (κ3) is 3.41. The van der Waals surface area contributed by atoms with Crippen LogP contribution in [-0.2, 0) is 4.79 Å². The van der Waals surface area contributed by atoms with Gasteiger partial charge in [0.2, 0.25) is 5.91 Å². The van der Waals surface area contributed by atoms with Crippen LogP contribution in [-0.4, -0.2) is 17.0 Å². The fourth-order valence-corrected chi connectivity index (χ4v) is 3.75. The molecule has 116 valence electrons. The van der Waals surface area contributed by atoms with Crippen molar-refractivity contribution >= 4 is 45.6 Å². The van der Waals surface area contributed by atoms with Crippen molar-refractivity contribution in [2.24, 2.45) is 0 Å². The molecule has 0 radical (unpaired) electrons. The summed E-state index contributed by atoms with van der Waals surface area (Å²) in [5.74, 6) is -0.937. The number of carbonyl (C=O) groups excluding carboxylic acids is 1. The first-order valence-corrected chi connectivity index (χ1v) is 8.32. The second-order valence-corrected chi connectivity index (χ2v) is 6.30. The van der Waals surface area contributed by atoms with Gasteiger partial charge in [-0.1, -0.05) is 6.07 Å². The van der Waals surface area contributed by atoms with Gasteiger partial charge < -0.3 is 14.8 Å². The summed E-state index contributed by atoms with van der Waals surface area (Å²) in [6, 6.07) is 7.13. The van der Waals surface area contributed by atoms with Gasteiger partial charge in [0.05, 0.1) is 6.26 Å². The molecule has 0 aliphatic carbocycles. The minimum absolute atomic E-state index is 0.109. The van der Waals surface area contributed by atoms with Gasteiger partial charge in [-0.3, -0.25) is 4.79 Å². The molecule has 3 aromatic heterocycles. The number of rotatable bonds is 5. The molecular formula is C16H11NO4S2. The van der Waals surface area contributed by atoms with E-state index in [1.165, 1.54) is 41.1 Å². The normalized spacial score (nSPS) is 11.0. The number of furan rings is 1. The number of carbonyl (C=O) groups is 2. The van der Waals surface area contributed by atoms with Crippen molar-refractivity contribution in [3.63, 3.8) is 0 Å². The standard InChI is InChI=1S/C16H11NO4S2/c18-13(6-5-10-3-1-7-21-10)17-15-14(16(19)20)11(9-23-15)12-4-2-8-22-12/h1-9H,(H,17,18)(H,19,20)/b6-5+. The van der Waals surface area contributed by atoms with Crippen LogP contribution in [0.5, 0.6) is 0 Å². The summed E-state index contributed by atoms with van der Waals surface area (Å²) in [5.41, 5.74) is 0.722. The average molecular weight is 345 g/mol. The lowest BCUT2D eigenvalue weighted by Gasteiger charge is -2.02. The molecule has 0 saturated carbocycles. The van der Waals surface area contributed by atoms with Gasteiger partial charge in [-0.25, -0.2) is 4.79 Å². The average Bonchev–Trinajstić information content (AvgIpc) is 3.25. The summed E-state index contributed by atoms with van der Waals surface area (Å²) in [5, 5.41) is 16.0. The zero-order valence-electron chi connectivity index (χ0n) is 11.7. The number of aromatic carboxylic acids is 1. The van der Waals surface area contributed by atoms with Crippen LogP contribution >= 0.6 is 22.7 Å². The van der Waals surface area contributed by atoms with Gasteiger partial charge in [-0.05, 0) is 29.7 Å². The van der Waals surface area contributed by atoms with Gasteiger partial charge in [0, 0.05) is 21.9 Å². The topological polar surface area (TPSA) is 79.5 Å². The van der Waals surface area contributed by atoms with Crippen molar-refractivity contribution < 1.29 is 19.1 Å². The fourth-order valence-electron chi connectivity index (χ4n) is 1.97. The Balaban J connectivity index is 1.83. The largest absolute Gasteiger partial charge is 0.478 e. The second-order valence-electron chi connectivity index (χ2n) is 4.47. The van der Waals surface area contributed by atoms with Crippen LogP contribution in [0.2, 0.25) is 0 Å². The molecule has 2 N–H and O–H groups in total. The molecular weight excluding hydrogens is 334 g/mol. The van der Waals surface area contributed by atoms with Gasteiger partial charge in [0.15, 0.2) is 0 Å². The van der Waals surface area contributed by atoms with Gasteiger partial charge in [-0.15, -0.1) is 22.7 Å². The third-order valence-electron chi connectivity index (χ3n) is 2.97. The van der Waals surface area contributed by atoms with E-state index in [1.54, 1.807) is 17.5 Å². The second kappa shape index (κ2) is 6.64. The number of amides is 1. The molecule has 0 atom stereocenters. The first-order valence-electron chi connectivity index (χ1n) is 6.56. The van der Waals surface area contributed by atoms with Crippen molar-refractivity contribution in [1.82, 2.24) is 0 Å². The van der Waals surface area contributed by atoms with Crippen LogP contribution < -0.4 is 5.32 Å². The van der Waals surface area contributed by atoms with Crippen molar-refractivity contribution in [2.75, 3.05) is 5.32 Å². The van der Waals surface area contributed by atoms with E-state index in [4.69, 9.17) is 4.42 Å². The summed E-state index contributed by atoms with van der Waals surface area (Å²) in [4.78, 5) is 24.4. The number of hydrogen-bond acceptors (Lipinski definition) is 5. The Morgan fingerprint density at radius 2 is 2.09 bits per heavy atom. The summed E-state index contributed by atoms with van der Waals surface area (Å²) >= 11 is 2.64. The first kappa shape index (κ1) is 15.3. The predicted molar refractivity (Wildman–Crippen MR) is 91.0 cm³/mol. The smallest absolute Gasteiger partial charge is 0.339 e. The Bertz CT molecular complexity index is 845. The van der Waals surface area contributed by atoms with Crippen LogP contribution in [0.3, 0.4) is 0 Å². The molecule has 0 aromatic carbocycles. The van der Waals surface area contributed by atoms with E-state index in [0.717, 1.165) is 4.88 Å². The maximum absolute atomic E-state index is 12.0. The summed E-state index contributed by atoms with van der Waals surface area (Å²) in [6.45, 7) is 0. The highest BCUT2D eigenvalue weighted by molar-refractivity contribution is 7.17. The van der Waals surface area contributed by atoms with E-state index >= 15 is 0 Å². The Morgan fingerprint density at radius 3 is 2.74 bits per heavy atom. The summed E-state index contributed by atoms with van der Waals surface area (Å²) < 4.78 is 5.09. The molecule has 0 spiro atoms. The number of anilines is 1. The number of hydrogen-bond donors (Lipinski definition) is 2. The zero-order chi connectivity index (χ0) is 16.2. The molecule has 0 bridgehead atoms. The number of carboxylic acids is 1. The Morgan fingerprint density at radius 1 is 1.22 bits per heavy atom. The van der Waals surface area contributed by atoms with Gasteiger partial charge in [0.25, 0.3) is 0 Å². The lowest BCUT2D eigenvalue weighted by molar-refractivity contribution is -0.111. The highest BCUT2D eigenvalue weighted by atomic mass is 32.1. The van der Waals surface area contributed by atoms with E-state index in [0.29, 0.717) is 16.3 Å². The quantitative estimate of drug-likeness (QED) is 0.671. The van der Waals surface area contributed by atoms with Crippen LogP contribution in [0.15, 0.2) is 51.8 Å². The summed E-state index contributed by atoms with van der Waals surface area (Å²) in [7, 11) is 0. The molecule has 1 amide bonds. The lowest BCUT2D eigenvalue weighted by Crippen LogP contribution is -2.10. The molecule has 23 heavy (non-hydrogen) atoms. The van der Waals surface area contributed by atoms with E-state index in [1.807, 2.05) is 17.5 Å². The zero-order valence-corrected chi connectivity index (χ0v) is 13.3. The molecule has 0 aliphatic heterocycles. The van der Waals surface area contributed by atoms with Gasteiger partial charge in [-0.2, -0.15) is 0 Å². The monoisotopic (exact) mass is 345 g/mol. The highest BCUT2D eigenvalue weighted by Gasteiger charge is 2.21. The van der Waals surface area contributed by atoms with Crippen LogP contribution in [0.1, 0.15) is 16.1 Å². The van der Waals surface area contributed by atoms with E-state index in [9.17, 15) is 14.7 Å². The molecule has 0 fully saturated rings. The lowest BCUT2D eigenvalue weighted by atomic mass is 10.1. The maximum atomic E-state index is 12.0. The van der Waals surface area contributed by atoms with E-state index in [2.05, 4.69) is 5.32 Å². The van der Waals surface area contributed by atoms with E-state index < -0.39 is 11.9 Å². The van der Waals surface area contributed by atoms with E-state index in [-0.39, 0.29) is 5.56 Å². The first-order chi connectivity index (χ1) is 11.1. The van der Waals surface area contributed by atoms with Gasteiger partial charge in [0.1, 0.15) is 16.3 Å². The van der Waals surface area contributed by atoms with Crippen molar-refractivity contribution in [2.45, 2.75) is 0 Å². The number of nitrogens with one attached hydrogen (secondary N) is 1.